The fourth-order valence-corrected chi connectivity index (χ4v) is 1.96. The number of benzene rings is 1. The van der Waals surface area contributed by atoms with Gasteiger partial charge in [0.15, 0.2) is 5.82 Å². The van der Waals surface area contributed by atoms with E-state index in [1.54, 1.807) is 18.3 Å². The molecule has 2 heterocycles. The highest BCUT2D eigenvalue weighted by Gasteiger charge is 2.06. The number of halogens is 1. The smallest absolute Gasteiger partial charge is 0.259 e. The quantitative estimate of drug-likeness (QED) is 0.752. The lowest BCUT2D eigenvalue weighted by Crippen LogP contribution is -2.09. The summed E-state index contributed by atoms with van der Waals surface area (Å²) in [6.07, 6.45) is 1.67. The van der Waals surface area contributed by atoms with Crippen LogP contribution >= 0.6 is 15.9 Å². The van der Waals surface area contributed by atoms with Gasteiger partial charge in [-0.3, -0.25) is 9.78 Å². The normalized spacial score (nSPS) is 10.7. The zero-order valence-electron chi connectivity index (χ0n) is 9.22. The molecule has 18 heavy (non-hydrogen) atoms. The van der Waals surface area contributed by atoms with Gasteiger partial charge >= 0.3 is 0 Å². The maximum atomic E-state index is 11.9. The predicted molar refractivity (Wildman–Crippen MR) is 73.3 cm³/mol. The molecule has 0 fully saturated rings. The van der Waals surface area contributed by atoms with Crippen molar-refractivity contribution in [2.75, 3.05) is 0 Å². The monoisotopic (exact) mass is 301 g/mol. The number of aromatic nitrogens is 3. The van der Waals surface area contributed by atoms with Gasteiger partial charge in [-0.25, -0.2) is 4.98 Å². The lowest BCUT2D eigenvalue weighted by molar-refractivity contribution is 1.14. The molecule has 5 heteroatoms. The maximum Gasteiger partial charge on any atom is 0.259 e. The van der Waals surface area contributed by atoms with E-state index in [-0.39, 0.29) is 5.56 Å². The lowest BCUT2D eigenvalue weighted by Gasteiger charge is -2.02. The topological polar surface area (TPSA) is 58.6 Å². The molecule has 0 amide bonds. The Kier molecular flexibility index (Phi) is 2.68. The van der Waals surface area contributed by atoms with E-state index in [2.05, 4.69) is 30.9 Å². The lowest BCUT2D eigenvalue weighted by atomic mass is 10.2. The summed E-state index contributed by atoms with van der Waals surface area (Å²) in [5.41, 5.74) is 1.15. The number of hydrogen-bond donors (Lipinski definition) is 1. The average molecular weight is 302 g/mol. The second-order valence-corrected chi connectivity index (χ2v) is 4.71. The standard InChI is InChI=1S/C13H8BrN3O/c14-8-5-6-11(15-7-8)12-16-10-4-2-1-3-9(10)13(18)17-12/h1-7H,(H,16,17,18). The van der Waals surface area contributed by atoms with Crippen molar-refractivity contribution in [2.45, 2.75) is 0 Å². The summed E-state index contributed by atoms with van der Waals surface area (Å²) in [4.78, 5) is 23.3. The molecular formula is C13H8BrN3O. The van der Waals surface area contributed by atoms with Crippen molar-refractivity contribution in [3.05, 3.63) is 57.4 Å². The van der Waals surface area contributed by atoms with Gasteiger partial charge in [-0.15, -0.1) is 0 Å². The van der Waals surface area contributed by atoms with Crippen molar-refractivity contribution in [1.29, 1.82) is 0 Å². The average Bonchev–Trinajstić information content (AvgIpc) is 2.39. The Balaban J connectivity index is 2.24. The summed E-state index contributed by atoms with van der Waals surface area (Å²) in [6.45, 7) is 0. The predicted octanol–water partition coefficient (Wildman–Crippen LogP) is 2.75. The maximum absolute atomic E-state index is 11.9. The Bertz CT molecular complexity index is 765. The summed E-state index contributed by atoms with van der Waals surface area (Å²) in [6, 6.07) is 10.9. The van der Waals surface area contributed by atoms with Crippen LogP contribution in [0, 0.1) is 0 Å². The highest BCUT2D eigenvalue weighted by Crippen LogP contribution is 2.16. The van der Waals surface area contributed by atoms with Crippen LogP contribution in [0.2, 0.25) is 0 Å². The Morgan fingerprint density at radius 1 is 1.11 bits per heavy atom. The van der Waals surface area contributed by atoms with Crippen molar-refractivity contribution in [1.82, 2.24) is 15.0 Å². The molecule has 88 valence electrons. The van der Waals surface area contributed by atoms with Crippen LogP contribution < -0.4 is 5.56 Å². The van der Waals surface area contributed by atoms with Crippen LogP contribution in [0.15, 0.2) is 51.9 Å². The van der Waals surface area contributed by atoms with Crippen LogP contribution in [-0.2, 0) is 0 Å². The zero-order valence-corrected chi connectivity index (χ0v) is 10.8. The number of H-pyrrole nitrogens is 1. The Labute approximate surface area is 111 Å². The van der Waals surface area contributed by atoms with E-state index in [0.29, 0.717) is 22.4 Å². The minimum Gasteiger partial charge on any atom is -0.305 e. The van der Waals surface area contributed by atoms with Crippen molar-refractivity contribution >= 4 is 26.8 Å². The second-order valence-electron chi connectivity index (χ2n) is 3.79. The molecule has 3 rings (SSSR count). The van der Waals surface area contributed by atoms with Gasteiger partial charge in [0.2, 0.25) is 0 Å². The first-order valence-electron chi connectivity index (χ1n) is 5.35. The van der Waals surface area contributed by atoms with Crippen molar-refractivity contribution in [2.24, 2.45) is 0 Å². The van der Waals surface area contributed by atoms with Crippen LogP contribution in [0.5, 0.6) is 0 Å². The minimum absolute atomic E-state index is 0.152. The first kappa shape index (κ1) is 11.1. The first-order valence-corrected chi connectivity index (χ1v) is 6.14. The van der Waals surface area contributed by atoms with E-state index >= 15 is 0 Å². The molecule has 0 aliphatic carbocycles. The zero-order chi connectivity index (χ0) is 12.5. The van der Waals surface area contributed by atoms with Crippen molar-refractivity contribution in [3.8, 4) is 11.5 Å². The van der Waals surface area contributed by atoms with Crippen LogP contribution in [-0.4, -0.2) is 15.0 Å². The molecule has 4 nitrogen and oxygen atoms in total. The fraction of sp³-hybridized carbons (Fsp3) is 0. The van der Waals surface area contributed by atoms with Gasteiger partial charge < -0.3 is 4.98 Å². The van der Waals surface area contributed by atoms with Gasteiger partial charge in [0.05, 0.1) is 10.9 Å². The third-order valence-electron chi connectivity index (χ3n) is 2.58. The van der Waals surface area contributed by atoms with E-state index in [4.69, 9.17) is 0 Å². The van der Waals surface area contributed by atoms with Gasteiger partial charge in [0.1, 0.15) is 5.69 Å². The van der Waals surface area contributed by atoms with Crippen molar-refractivity contribution in [3.63, 3.8) is 0 Å². The van der Waals surface area contributed by atoms with Gasteiger partial charge in [-0.1, -0.05) is 12.1 Å². The third kappa shape index (κ3) is 1.93. The highest BCUT2D eigenvalue weighted by molar-refractivity contribution is 9.10. The molecule has 3 aromatic rings. The first-order chi connectivity index (χ1) is 8.74. The molecule has 0 spiro atoms. The molecule has 1 aromatic carbocycles. The fourth-order valence-electron chi connectivity index (χ4n) is 1.72. The molecular weight excluding hydrogens is 294 g/mol. The van der Waals surface area contributed by atoms with Crippen LogP contribution in [0.1, 0.15) is 0 Å². The second kappa shape index (κ2) is 4.34. The van der Waals surface area contributed by atoms with Crippen LogP contribution in [0.4, 0.5) is 0 Å². The van der Waals surface area contributed by atoms with Gasteiger partial charge in [0.25, 0.3) is 5.56 Å². The van der Waals surface area contributed by atoms with Gasteiger partial charge in [-0.05, 0) is 40.2 Å². The SMILES string of the molecule is O=c1[nH]c(-c2ccc(Br)cn2)nc2ccccc12. The van der Waals surface area contributed by atoms with E-state index < -0.39 is 0 Å². The van der Waals surface area contributed by atoms with Crippen LogP contribution in [0.25, 0.3) is 22.4 Å². The summed E-state index contributed by atoms with van der Waals surface area (Å²) in [5.74, 6) is 0.478. The highest BCUT2D eigenvalue weighted by atomic mass is 79.9. The number of aromatic amines is 1. The summed E-state index contributed by atoms with van der Waals surface area (Å²) in [5, 5.41) is 0.582. The molecule has 0 aliphatic rings. The molecule has 2 aromatic heterocycles. The number of fused-ring (bicyclic) bond motifs is 1. The third-order valence-corrected chi connectivity index (χ3v) is 3.05. The summed E-state index contributed by atoms with van der Waals surface area (Å²) < 4.78 is 0.884. The molecule has 0 aliphatic heterocycles. The van der Waals surface area contributed by atoms with Gasteiger partial charge in [0, 0.05) is 10.7 Å². The molecule has 0 saturated carbocycles. The van der Waals surface area contributed by atoms with Crippen molar-refractivity contribution < 1.29 is 0 Å². The van der Waals surface area contributed by atoms with E-state index in [9.17, 15) is 4.79 Å². The number of rotatable bonds is 1. The number of para-hydroxylation sites is 1. The number of nitrogens with zero attached hydrogens (tertiary/aromatic N) is 2. The van der Waals surface area contributed by atoms with E-state index in [0.717, 1.165) is 4.47 Å². The number of pyridine rings is 1. The Morgan fingerprint density at radius 2 is 1.94 bits per heavy atom. The molecule has 1 N–H and O–H groups in total. The van der Waals surface area contributed by atoms with E-state index in [1.165, 1.54) is 0 Å². The largest absolute Gasteiger partial charge is 0.305 e. The summed E-state index contributed by atoms with van der Waals surface area (Å²) >= 11 is 3.32. The molecule has 0 atom stereocenters. The molecule has 0 saturated heterocycles. The van der Waals surface area contributed by atoms with Gasteiger partial charge in [-0.2, -0.15) is 0 Å². The number of nitrogens with one attached hydrogen (secondary N) is 1. The Hall–Kier alpha value is -2.01. The molecule has 0 bridgehead atoms. The molecule has 0 unspecified atom stereocenters. The minimum atomic E-state index is -0.152. The van der Waals surface area contributed by atoms with E-state index in [1.807, 2.05) is 24.3 Å². The summed E-state index contributed by atoms with van der Waals surface area (Å²) in [7, 11) is 0. The Morgan fingerprint density at radius 3 is 2.72 bits per heavy atom. The van der Waals surface area contributed by atoms with Crippen LogP contribution in [0.3, 0.4) is 0 Å². The number of hydrogen-bond acceptors (Lipinski definition) is 3. The molecule has 0 radical (unpaired) electrons.